The lowest BCUT2D eigenvalue weighted by atomic mass is 9.72. The number of aryl methyl sites for hydroxylation is 2. The molecule has 6 aromatic carbocycles. The first-order chi connectivity index (χ1) is 18.9. The van der Waals surface area contributed by atoms with Crippen LogP contribution < -0.4 is 4.90 Å². The number of anilines is 3. The van der Waals surface area contributed by atoms with Crippen LogP contribution in [-0.2, 0) is 5.41 Å². The predicted molar refractivity (Wildman–Crippen MR) is 171 cm³/mol. The summed E-state index contributed by atoms with van der Waals surface area (Å²) in [5.74, 6) is 0. The molecule has 0 aromatic heterocycles. The second-order valence-corrected chi connectivity index (χ2v) is 12.0. The molecule has 0 fully saturated rings. The Hall–Kier alpha value is -3.88. The lowest BCUT2D eigenvalue weighted by molar-refractivity contribution is 0.632. The van der Waals surface area contributed by atoms with Crippen LogP contribution in [0.4, 0.5) is 17.1 Å². The largest absolute Gasteiger partial charge is 0.309 e. The number of benzene rings is 6. The topological polar surface area (TPSA) is 3.24 Å². The third kappa shape index (κ3) is 3.51. The van der Waals surface area contributed by atoms with E-state index in [1.54, 1.807) is 0 Å². The van der Waals surface area contributed by atoms with Gasteiger partial charge in [-0.15, -0.1) is 0 Å². The fourth-order valence-corrected chi connectivity index (χ4v) is 7.24. The van der Waals surface area contributed by atoms with Gasteiger partial charge in [-0.25, -0.2) is 0 Å². The molecule has 0 saturated carbocycles. The average molecular weight is 569 g/mol. The molecule has 0 bridgehead atoms. The Labute approximate surface area is 238 Å². The van der Waals surface area contributed by atoms with Crippen LogP contribution in [-0.4, -0.2) is 0 Å². The van der Waals surface area contributed by atoms with Crippen LogP contribution in [0.3, 0.4) is 0 Å². The van der Waals surface area contributed by atoms with Gasteiger partial charge in [-0.1, -0.05) is 105 Å². The van der Waals surface area contributed by atoms with Gasteiger partial charge in [-0.3, -0.25) is 0 Å². The molecule has 0 unspecified atom stereocenters. The molecular formula is C37H30BrN. The molecule has 39 heavy (non-hydrogen) atoms. The van der Waals surface area contributed by atoms with Gasteiger partial charge in [0.1, 0.15) is 0 Å². The minimum absolute atomic E-state index is 0.158. The molecule has 1 heterocycles. The van der Waals surface area contributed by atoms with Crippen LogP contribution in [0.2, 0.25) is 0 Å². The molecule has 0 saturated heterocycles. The van der Waals surface area contributed by atoms with Gasteiger partial charge in [0.15, 0.2) is 0 Å². The van der Waals surface area contributed by atoms with Gasteiger partial charge in [0, 0.05) is 20.7 Å². The van der Waals surface area contributed by atoms with Crippen LogP contribution in [0.25, 0.3) is 32.7 Å². The van der Waals surface area contributed by atoms with Crippen molar-refractivity contribution in [3.63, 3.8) is 0 Å². The molecule has 7 rings (SSSR count). The highest BCUT2D eigenvalue weighted by Gasteiger charge is 2.38. The first-order valence-electron chi connectivity index (χ1n) is 13.6. The van der Waals surface area contributed by atoms with Crippen LogP contribution in [0.15, 0.2) is 114 Å². The summed E-state index contributed by atoms with van der Waals surface area (Å²) in [6.07, 6.45) is 0. The summed E-state index contributed by atoms with van der Waals surface area (Å²) in [6.45, 7) is 9.21. The monoisotopic (exact) mass is 567 g/mol. The molecule has 0 atom stereocenters. The van der Waals surface area contributed by atoms with Gasteiger partial charge in [-0.2, -0.15) is 0 Å². The number of para-hydroxylation sites is 1. The molecule has 2 heteroatoms. The average Bonchev–Trinajstić information content (AvgIpc) is 2.95. The number of rotatable bonds is 2. The van der Waals surface area contributed by atoms with E-state index >= 15 is 0 Å². The van der Waals surface area contributed by atoms with Crippen molar-refractivity contribution in [2.45, 2.75) is 33.1 Å². The number of hydrogen-bond acceptors (Lipinski definition) is 1. The van der Waals surface area contributed by atoms with E-state index in [2.05, 4.69) is 158 Å². The number of nitrogens with zero attached hydrogens (tertiary/aromatic N) is 1. The Bertz CT molecular complexity index is 1870. The quantitative estimate of drug-likeness (QED) is 0.188. The number of fused-ring (bicyclic) bond motifs is 4. The maximum absolute atomic E-state index is 3.96. The Morgan fingerprint density at radius 3 is 1.77 bits per heavy atom. The zero-order valence-electron chi connectivity index (χ0n) is 22.7. The fourth-order valence-electron chi connectivity index (χ4n) is 6.55. The first-order valence-corrected chi connectivity index (χ1v) is 14.4. The molecule has 0 spiro atoms. The molecule has 0 amide bonds. The molecule has 1 aliphatic rings. The molecule has 0 aliphatic carbocycles. The summed E-state index contributed by atoms with van der Waals surface area (Å²) in [4.78, 5) is 2.53. The minimum atomic E-state index is -0.158. The van der Waals surface area contributed by atoms with Crippen molar-refractivity contribution in [2.24, 2.45) is 0 Å². The van der Waals surface area contributed by atoms with E-state index in [4.69, 9.17) is 0 Å². The summed E-state index contributed by atoms with van der Waals surface area (Å²) >= 11 is 3.96. The Kier molecular flexibility index (Phi) is 5.47. The molecule has 1 aliphatic heterocycles. The van der Waals surface area contributed by atoms with Crippen molar-refractivity contribution in [1.29, 1.82) is 0 Å². The van der Waals surface area contributed by atoms with Crippen LogP contribution >= 0.6 is 15.9 Å². The second-order valence-electron chi connectivity index (χ2n) is 11.2. The minimum Gasteiger partial charge on any atom is -0.309 e. The molecule has 0 radical (unpaired) electrons. The van der Waals surface area contributed by atoms with Gasteiger partial charge in [0.05, 0.1) is 17.1 Å². The van der Waals surface area contributed by atoms with Gasteiger partial charge in [-0.05, 0) is 92.1 Å². The van der Waals surface area contributed by atoms with Crippen molar-refractivity contribution < 1.29 is 0 Å². The summed E-state index contributed by atoms with van der Waals surface area (Å²) in [7, 11) is 0. The van der Waals surface area contributed by atoms with E-state index < -0.39 is 0 Å². The van der Waals surface area contributed by atoms with Crippen molar-refractivity contribution in [3.8, 4) is 11.1 Å². The van der Waals surface area contributed by atoms with E-state index in [-0.39, 0.29) is 5.41 Å². The molecular weight excluding hydrogens is 538 g/mol. The van der Waals surface area contributed by atoms with Crippen molar-refractivity contribution in [3.05, 3.63) is 136 Å². The maximum Gasteiger partial charge on any atom is 0.0619 e. The van der Waals surface area contributed by atoms with E-state index in [1.165, 1.54) is 72.0 Å². The van der Waals surface area contributed by atoms with Gasteiger partial charge in [0.25, 0.3) is 0 Å². The zero-order chi connectivity index (χ0) is 26.9. The van der Waals surface area contributed by atoms with Gasteiger partial charge in [0.2, 0.25) is 0 Å². The fraction of sp³-hybridized carbons (Fsp3) is 0.135. The van der Waals surface area contributed by atoms with Crippen LogP contribution in [0.1, 0.15) is 36.1 Å². The number of hydrogen-bond donors (Lipinski definition) is 0. The van der Waals surface area contributed by atoms with Gasteiger partial charge >= 0.3 is 0 Å². The standard InChI is InChI=1S/C37H30BrN/c1-23-13-5-6-14-25(23)30-22-32-34(21-24(30)2)39(33-20-12-11-19-31(33)37(32,3)4)36-28-17-9-7-15-26(28)35(38)27-16-8-10-18-29(27)36/h5-22H,1-4H3. The summed E-state index contributed by atoms with van der Waals surface area (Å²) in [6, 6.07) is 40.1. The Morgan fingerprint density at radius 1 is 0.538 bits per heavy atom. The highest BCUT2D eigenvalue weighted by molar-refractivity contribution is 9.10. The third-order valence-corrected chi connectivity index (χ3v) is 9.43. The highest BCUT2D eigenvalue weighted by atomic mass is 79.9. The lowest BCUT2D eigenvalue weighted by Gasteiger charge is -2.43. The summed E-state index contributed by atoms with van der Waals surface area (Å²) in [5.41, 5.74) is 11.5. The summed E-state index contributed by atoms with van der Waals surface area (Å²) in [5, 5.41) is 4.93. The van der Waals surface area contributed by atoms with E-state index in [9.17, 15) is 0 Å². The Morgan fingerprint density at radius 2 is 1.10 bits per heavy atom. The van der Waals surface area contributed by atoms with Crippen LogP contribution in [0, 0.1) is 13.8 Å². The highest BCUT2D eigenvalue weighted by Crippen LogP contribution is 2.56. The molecule has 0 N–H and O–H groups in total. The predicted octanol–water partition coefficient (Wildman–Crippen LogP) is 11.1. The second kappa shape index (κ2) is 8.83. The summed E-state index contributed by atoms with van der Waals surface area (Å²) < 4.78 is 1.15. The SMILES string of the molecule is Cc1ccccc1-c1cc2c(cc1C)N(c1c3ccccc3c(Br)c3ccccc13)c1ccccc1C2(C)C. The van der Waals surface area contributed by atoms with Crippen LogP contribution in [0.5, 0.6) is 0 Å². The maximum atomic E-state index is 3.96. The smallest absolute Gasteiger partial charge is 0.0619 e. The van der Waals surface area contributed by atoms with E-state index in [0.29, 0.717) is 0 Å². The van der Waals surface area contributed by atoms with E-state index in [0.717, 1.165) is 4.47 Å². The normalized spacial score (nSPS) is 13.9. The van der Waals surface area contributed by atoms with Gasteiger partial charge < -0.3 is 4.90 Å². The Balaban J connectivity index is 1.63. The molecule has 190 valence electrons. The van der Waals surface area contributed by atoms with E-state index in [1.807, 2.05) is 0 Å². The molecule has 1 nitrogen and oxygen atoms in total. The molecule has 6 aromatic rings. The first kappa shape index (κ1) is 24.2. The van der Waals surface area contributed by atoms with Crippen molar-refractivity contribution >= 4 is 54.5 Å². The van der Waals surface area contributed by atoms with Crippen molar-refractivity contribution in [1.82, 2.24) is 0 Å². The lowest BCUT2D eigenvalue weighted by Crippen LogP contribution is -2.31. The van der Waals surface area contributed by atoms with Crippen molar-refractivity contribution in [2.75, 3.05) is 4.90 Å². The third-order valence-electron chi connectivity index (χ3n) is 8.57. The number of halogens is 1. The zero-order valence-corrected chi connectivity index (χ0v) is 24.3.